The zero-order valence-corrected chi connectivity index (χ0v) is 6.46. The van der Waals surface area contributed by atoms with Gasteiger partial charge in [-0.15, -0.1) is 0 Å². The van der Waals surface area contributed by atoms with E-state index in [1.807, 2.05) is 0 Å². The van der Waals surface area contributed by atoms with Crippen molar-refractivity contribution in [2.75, 3.05) is 0 Å². The molecule has 0 radical (unpaired) electrons. The molecular formula is C3H9N3Na2O5S. The van der Waals surface area contributed by atoms with Crippen molar-refractivity contribution in [1.29, 1.82) is 5.41 Å². The van der Waals surface area contributed by atoms with E-state index in [0.717, 1.165) is 0 Å². The van der Waals surface area contributed by atoms with Crippen LogP contribution in [0.5, 0.6) is 0 Å². The molecular weight excluding hydrogens is 236 g/mol. The van der Waals surface area contributed by atoms with Crippen molar-refractivity contribution in [2.45, 2.75) is 5.06 Å². The summed E-state index contributed by atoms with van der Waals surface area (Å²) in [5.41, 5.74) is 4.66. The first kappa shape index (κ1) is 20.3. The fourth-order valence-corrected chi connectivity index (χ4v) is 0.701. The Morgan fingerprint density at radius 1 is 1.50 bits per heavy atom. The molecule has 0 aromatic heterocycles. The van der Waals surface area contributed by atoms with Gasteiger partial charge >= 0.3 is 70.1 Å². The molecule has 0 heterocycles. The first-order valence-corrected chi connectivity index (χ1v) is 3.60. The Hall–Kier alpha value is 0.810. The summed E-state index contributed by atoms with van der Waals surface area (Å²) in [7, 11) is 0. The zero-order valence-electron chi connectivity index (χ0n) is 5.64. The second-order valence-electron chi connectivity index (χ2n) is 1.74. The number of carbonyl (C=O) groups is 1. The molecule has 0 fully saturated rings. The summed E-state index contributed by atoms with van der Waals surface area (Å²) in [6.07, 6.45) is 0. The second kappa shape index (κ2) is 8.02. The molecule has 0 amide bonds. The minimum atomic E-state index is -3.13. The summed E-state index contributed by atoms with van der Waals surface area (Å²) in [6.45, 7) is 0. The van der Waals surface area contributed by atoms with Crippen LogP contribution in [0.3, 0.4) is 0 Å². The Bertz CT molecular complexity index is 234. The van der Waals surface area contributed by atoms with Crippen molar-refractivity contribution in [3.63, 3.8) is 0 Å². The standard InChI is InChI=1S/C3H7N3O5S.2Na.2H/c4-2(5)6-3(9,1(7)8)12(10)11;;;;/h9H,(H,7,8)(H,10,11)(H4,4,5,6);;;;. The SMILES string of the molecule is N=C(N)NC(O)(C(=O)O)S(=O)O.[NaH].[NaH]. The topological polar surface area (TPSA) is 157 Å². The number of carboxylic acid groups (broad SMARTS) is 1. The minimum absolute atomic E-state index is 0. The Kier molecular flexibility index (Phi) is 11.6. The van der Waals surface area contributed by atoms with Crippen LogP contribution in [-0.2, 0) is 15.9 Å². The molecule has 0 spiro atoms. The van der Waals surface area contributed by atoms with E-state index in [2.05, 4.69) is 5.73 Å². The van der Waals surface area contributed by atoms with Crippen LogP contribution in [0.15, 0.2) is 0 Å². The average molecular weight is 245 g/mol. The molecule has 14 heavy (non-hydrogen) atoms. The zero-order chi connectivity index (χ0) is 9.94. The van der Waals surface area contributed by atoms with Gasteiger partial charge in [-0.3, -0.25) is 5.41 Å². The number of aliphatic carboxylic acids is 1. The van der Waals surface area contributed by atoms with Crippen LogP contribution in [-0.4, -0.2) is 95.1 Å². The van der Waals surface area contributed by atoms with Gasteiger partial charge in [-0.2, -0.15) is 0 Å². The Morgan fingerprint density at radius 3 is 1.93 bits per heavy atom. The third-order valence-corrected chi connectivity index (χ3v) is 1.63. The van der Waals surface area contributed by atoms with E-state index in [1.165, 1.54) is 5.32 Å². The summed E-state index contributed by atoms with van der Waals surface area (Å²) in [5, 5.41) is 21.9. The van der Waals surface area contributed by atoms with Gasteiger partial charge in [0.15, 0.2) is 5.96 Å². The second-order valence-corrected chi connectivity index (χ2v) is 2.83. The number of guanidine groups is 1. The van der Waals surface area contributed by atoms with Crippen molar-refractivity contribution in [3.8, 4) is 0 Å². The number of rotatable bonds is 3. The predicted molar refractivity (Wildman–Crippen MR) is 52.7 cm³/mol. The number of nitrogens with two attached hydrogens (primary N) is 1. The molecule has 7 N–H and O–H groups in total. The number of aliphatic hydroxyl groups is 1. The first-order chi connectivity index (χ1) is 5.30. The molecule has 74 valence electrons. The molecule has 0 aromatic rings. The van der Waals surface area contributed by atoms with Crippen LogP contribution in [0.2, 0.25) is 0 Å². The maximum atomic E-state index is 10.3. The Morgan fingerprint density at radius 2 is 1.86 bits per heavy atom. The van der Waals surface area contributed by atoms with E-state index in [0.29, 0.717) is 0 Å². The molecule has 2 atom stereocenters. The molecule has 0 aliphatic heterocycles. The molecule has 0 aliphatic rings. The van der Waals surface area contributed by atoms with Crippen molar-refractivity contribution in [1.82, 2.24) is 5.32 Å². The van der Waals surface area contributed by atoms with Crippen molar-refractivity contribution in [3.05, 3.63) is 0 Å². The molecule has 0 aromatic carbocycles. The van der Waals surface area contributed by atoms with Gasteiger partial charge in [-0.05, 0) is 0 Å². The van der Waals surface area contributed by atoms with Crippen molar-refractivity contribution >= 4 is 82.1 Å². The molecule has 0 rings (SSSR count). The molecule has 0 aliphatic carbocycles. The summed E-state index contributed by atoms with van der Waals surface area (Å²) in [5.74, 6) is -2.93. The molecule has 2 unspecified atom stereocenters. The number of hydrogen-bond acceptors (Lipinski definition) is 4. The van der Waals surface area contributed by atoms with Gasteiger partial charge in [0, 0.05) is 0 Å². The average Bonchev–Trinajstić information content (AvgIpc) is 1.84. The van der Waals surface area contributed by atoms with Gasteiger partial charge in [0.2, 0.25) is 11.1 Å². The third kappa shape index (κ3) is 5.63. The summed E-state index contributed by atoms with van der Waals surface area (Å²) in [6, 6.07) is 0. The predicted octanol–water partition coefficient (Wildman–Crippen LogP) is -3.88. The normalized spacial score (nSPS) is 15.0. The van der Waals surface area contributed by atoms with Crippen LogP contribution in [0.4, 0.5) is 0 Å². The van der Waals surface area contributed by atoms with E-state index in [1.54, 1.807) is 0 Å². The third-order valence-electron chi connectivity index (χ3n) is 0.847. The molecule has 0 bridgehead atoms. The molecule has 0 saturated heterocycles. The van der Waals surface area contributed by atoms with E-state index in [-0.39, 0.29) is 59.1 Å². The van der Waals surface area contributed by atoms with Gasteiger partial charge < -0.3 is 25.8 Å². The van der Waals surface area contributed by atoms with Gasteiger partial charge in [0.05, 0.1) is 0 Å². The van der Waals surface area contributed by atoms with Gasteiger partial charge in [-0.1, -0.05) is 0 Å². The monoisotopic (exact) mass is 245 g/mol. The Labute approximate surface area is 126 Å². The van der Waals surface area contributed by atoms with E-state index >= 15 is 0 Å². The quantitative estimate of drug-likeness (QED) is 0.0975. The first-order valence-electron chi connectivity index (χ1n) is 2.49. The van der Waals surface area contributed by atoms with Gasteiger partial charge in [0.25, 0.3) is 0 Å². The van der Waals surface area contributed by atoms with Gasteiger partial charge in [0.1, 0.15) is 0 Å². The van der Waals surface area contributed by atoms with Crippen molar-refractivity contribution in [2.24, 2.45) is 5.73 Å². The van der Waals surface area contributed by atoms with Crippen LogP contribution in [0.1, 0.15) is 0 Å². The van der Waals surface area contributed by atoms with E-state index in [9.17, 15) is 9.00 Å². The fourth-order valence-electron chi connectivity index (χ4n) is 0.354. The van der Waals surface area contributed by atoms with Crippen LogP contribution >= 0.6 is 0 Å². The van der Waals surface area contributed by atoms with Crippen molar-refractivity contribution < 1.29 is 23.8 Å². The molecule has 8 nitrogen and oxygen atoms in total. The number of carboxylic acids is 1. The van der Waals surface area contributed by atoms with Gasteiger partial charge in [-0.25, -0.2) is 9.00 Å². The summed E-state index contributed by atoms with van der Waals surface area (Å²) in [4.78, 5) is 10.2. The van der Waals surface area contributed by atoms with Crippen LogP contribution in [0, 0.1) is 5.41 Å². The molecule has 0 saturated carbocycles. The van der Waals surface area contributed by atoms with E-state index < -0.39 is 28.1 Å². The molecule has 11 heteroatoms. The number of nitrogens with one attached hydrogen (secondary N) is 2. The summed E-state index contributed by atoms with van der Waals surface area (Å²) >= 11 is -3.10. The van der Waals surface area contributed by atoms with Crippen LogP contribution < -0.4 is 11.1 Å². The maximum absolute atomic E-state index is 10.3. The fraction of sp³-hybridized carbons (Fsp3) is 0.333. The van der Waals surface area contributed by atoms with E-state index in [4.69, 9.17) is 20.2 Å². The number of hydrogen-bond donors (Lipinski definition) is 6. The van der Waals surface area contributed by atoms with Crippen LogP contribution in [0.25, 0.3) is 0 Å². The Balaban J connectivity index is -0.000000605. The summed E-state index contributed by atoms with van der Waals surface area (Å²) < 4.78 is 18.6.